The molecule has 0 spiro atoms. The van der Waals surface area contributed by atoms with E-state index in [-0.39, 0.29) is 6.79 Å². The van der Waals surface area contributed by atoms with Gasteiger partial charge >= 0.3 is 0 Å². The third kappa shape index (κ3) is 2.52. The molecule has 0 saturated carbocycles. The van der Waals surface area contributed by atoms with Crippen LogP contribution in [0.5, 0.6) is 17.2 Å². The molecule has 0 fully saturated rings. The van der Waals surface area contributed by atoms with Crippen LogP contribution in [0.4, 0.5) is 5.82 Å². The second-order valence-electron chi connectivity index (χ2n) is 3.95. The summed E-state index contributed by atoms with van der Waals surface area (Å²) in [5.74, 6) is 2.88. The Balaban J connectivity index is 1.65. The number of benzene rings is 1. The summed E-state index contributed by atoms with van der Waals surface area (Å²) >= 11 is 0. The fourth-order valence-electron chi connectivity index (χ4n) is 1.68. The van der Waals surface area contributed by atoms with Crippen molar-refractivity contribution in [2.24, 2.45) is 0 Å². The lowest BCUT2D eigenvalue weighted by atomic mass is 10.3. The molecule has 3 rings (SSSR count). The van der Waals surface area contributed by atoms with Gasteiger partial charge in [0.1, 0.15) is 18.2 Å². The highest BCUT2D eigenvalue weighted by Gasteiger charge is 2.13. The molecule has 98 valence electrons. The molecule has 6 nitrogen and oxygen atoms in total. The van der Waals surface area contributed by atoms with Gasteiger partial charge in [-0.15, -0.1) is 0 Å². The van der Waals surface area contributed by atoms with Crippen molar-refractivity contribution in [3.05, 3.63) is 36.3 Å². The Morgan fingerprint density at radius 3 is 2.89 bits per heavy atom. The van der Waals surface area contributed by atoms with Gasteiger partial charge in [-0.2, -0.15) is 0 Å². The quantitative estimate of drug-likeness (QED) is 0.903. The van der Waals surface area contributed by atoms with Gasteiger partial charge in [-0.25, -0.2) is 4.98 Å². The minimum Gasteiger partial charge on any atom is -0.487 e. The number of anilines is 1. The van der Waals surface area contributed by atoms with Crippen LogP contribution in [0.15, 0.2) is 30.6 Å². The fraction of sp³-hybridized carbons (Fsp3) is 0.231. The van der Waals surface area contributed by atoms with Gasteiger partial charge in [-0.05, 0) is 12.1 Å². The van der Waals surface area contributed by atoms with E-state index < -0.39 is 0 Å². The van der Waals surface area contributed by atoms with Gasteiger partial charge in [0.2, 0.25) is 6.79 Å². The highest BCUT2D eigenvalue weighted by molar-refractivity contribution is 5.46. The first-order valence-electron chi connectivity index (χ1n) is 5.86. The van der Waals surface area contributed by atoms with Crippen molar-refractivity contribution in [3.63, 3.8) is 0 Å². The molecule has 2 aromatic rings. The number of hydrogen-bond acceptors (Lipinski definition) is 6. The minimum absolute atomic E-state index is 0.260. The van der Waals surface area contributed by atoms with E-state index in [0.29, 0.717) is 18.1 Å². The monoisotopic (exact) mass is 259 g/mol. The molecule has 0 aliphatic carbocycles. The topological polar surface area (TPSA) is 65.5 Å². The van der Waals surface area contributed by atoms with Gasteiger partial charge in [0.05, 0.1) is 18.1 Å². The van der Waals surface area contributed by atoms with Crippen LogP contribution in [0, 0.1) is 0 Å². The van der Waals surface area contributed by atoms with Gasteiger partial charge in [0.25, 0.3) is 0 Å². The zero-order chi connectivity index (χ0) is 13.1. The Hall–Kier alpha value is -2.50. The number of aromatic nitrogens is 2. The molecule has 0 amide bonds. The smallest absolute Gasteiger partial charge is 0.231 e. The molecule has 19 heavy (non-hydrogen) atoms. The third-order valence-electron chi connectivity index (χ3n) is 2.69. The molecule has 1 aromatic carbocycles. The van der Waals surface area contributed by atoms with Crippen LogP contribution in [-0.2, 0) is 6.61 Å². The highest BCUT2D eigenvalue weighted by atomic mass is 16.7. The van der Waals surface area contributed by atoms with Crippen LogP contribution in [0.25, 0.3) is 0 Å². The van der Waals surface area contributed by atoms with Crippen LogP contribution in [0.1, 0.15) is 5.69 Å². The molecule has 0 radical (unpaired) electrons. The van der Waals surface area contributed by atoms with Crippen molar-refractivity contribution in [2.45, 2.75) is 6.61 Å². The van der Waals surface area contributed by atoms with Gasteiger partial charge < -0.3 is 19.5 Å². The van der Waals surface area contributed by atoms with E-state index in [1.54, 1.807) is 25.5 Å². The molecule has 2 heterocycles. The Kier molecular flexibility index (Phi) is 3.06. The van der Waals surface area contributed by atoms with Gasteiger partial charge in [-0.1, -0.05) is 0 Å². The number of rotatable bonds is 4. The van der Waals surface area contributed by atoms with E-state index in [1.165, 1.54) is 0 Å². The zero-order valence-corrected chi connectivity index (χ0v) is 10.4. The van der Waals surface area contributed by atoms with Crippen LogP contribution in [0.2, 0.25) is 0 Å². The summed E-state index contributed by atoms with van der Waals surface area (Å²) in [6.45, 7) is 0.617. The van der Waals surface area contributed by atoms with Crippen molar-refractivity contribution in [3.8, 4) is 17.2 Å². The molecule has 1 aliphatic heterocycles. The first-order valence-corrected chi connectivity index (χ1v) is 5.86. The van der Waals surface area contributed by atoms with Crippen LogP contribution < -0.4 is 19.5 Å². The van der Waals surface area contributed by atoms with E-state index in [4.69, 9.17) is 14.2 Å². The van der Waals surface area contributed by atoms with Crippen LogP contribution >= 0.6 is 0 Å². The Labute approximate surface area is 110 Å². The third-order valence-corrected chi connectivity index (χ3v) is 2.69. The zero-order valence-electron chi connectivity index (χ0n) is 10.4. The molecule has 1 aliphatic rings. The maximum absolute atomic E-state index is 5.63. The summed E-state index contributed by atoms with van der Waals surface area (Å²) in [5.41, 5.74) is 0.761. The summed E-state index contributed by atoms with van der Waals surface area (Å²) in [6.07, 6.45) is 3.34. The summed E-state index contributed by atoms with van der Waals surface area (Å²) in [5, 5.41) is 2.91. The molecule has 6 heteroatoms. The molecule has 0 atom stereocenters. The number of nitrogens with zero attached hydrogens (tertiary/aromatic N) is 2. The average molecular weight is 259 g/mol. The van der Waals surface area contributed by atoms with E-state index in [2.05, 4.69) is 15.3 Å². The molecule has 0 saturated heterocycles. The lowest BCUT2D eigenvalue weighted by Gasteiger charge is -2.06. The van der Waals surface area contributed by atoms with Crippen LogP contribution in [-0.4, -0.2) is 23.8 Å². The predicted octanol–water partition coefficient (Wildman–Crippen LogP) is 1.83. The van der Waals surface area contributed by atoms with Gasteiger partial charge in [0, 0.05) is 13.1 Å². The van der Waals surface area contributed by atoms with Crippen molar-refractivity contribution >= 4 is 5.82 Å². The summed E-state index contributed by atoms with van der Waals surface area (Å²) < 4.78 is 16.1. The van der Waals surface area contributed by atoms with Crippen LogP contribution in [0.3, 0.4) is 0 Å². The Morgan fingerprint density at radius 2 is 2.11 bits per heavy atom. The summed E-state index contributed by atoms with van der Waals surface area (Å²) in [4.78, 5) is 8.40. The first-order chi connectivity index (χ1) is 9.35. The number of nitrogens with one attached hydrogen (secondary N) is 1. The second-order valence-corrected chi connectivity index (χ2v) is 3.95. The maximum atomic E-state index is 5.63. The second kappa shape index (κ2) is 5.01. The lowest BCUT2D eigenvalue weighted by molar-refractivity contribution is 0.173. The van der Waals surface area contributed by atoms with E-state index in [9.17, 15) is 0 Å². The lowest BCUT2D eigenvalue weighted by Crippen LogP contribution is -2.01. The van der Waals surface area contributed by atoms with Crippen molar-refractivity contribution < 1.29 is 14.2 Å². The number of ether oxygens (including phenoxy) is 3. The van der Waals surface area contributed by atoms with Gasteiger partial charge in [-0.3, -0.25) is 4.98 Å². The SMILES string of the molecule is CNc1cnc(COc2ccc3c(c2)OCO3)cn1. The molecule has 0 bridgehead atoms. The summed E-state index contributed by atoms with van der Waals surface area (Å²) in [6, 6.07) is 5.47. The predicted molar refractivity (Wildman–Crippen MR) is 68.5 cm³/mol. The molecular weight excluding hydrogens is 246 g/mol. The number of hydrogen-bond donors (Lipinski definition) is 1. The van der Waals surface area contributed by atoms with E-state index in [0.717, 1.165) is 17.3 Å². The molecule has 0 unspecified atom stereocenters. The maximum Gasteiger partial charge on any atom is 0.231 e. The molecular formula is C13H13N3O3. The average Bonchev–Trinajstić information content (AvgIpc) is 2.93. The molecule has 1 aromatic heterocycles. The largest absolute Gasteiger partial charge is 0.487 e. The summed E-state index contributed by atoms with van der Waals surface area (Å²) in [7, 11) is 1.80. The molecule has 1 N–H and O–H groups in total. The minimum atomic E-state index is 0.260. The Bertz CT molecular complexity index is 572. The van der Waals surface area contributed by atoms with E-state index in [1.807, 2.05) is 12.1 Å². The first kappa shape index (κ1) is 11.6. The van der Waals surface area contributed by atoms with Crippen molar-refractivity contribution in [1.29, 1.82) is 0 Å². The van der Waals surface area contributed by atoms with Crippen molar-refractivity contribution in [2.75, 3.05) is 19.2 Å². The van der Waals surface area contributed by atoms with Crippen molar-refractivity contribution in [1.82, 2.24) is 9.97 Å². The highest BCUT2D eigenvalue weighted by Crippen LogP contribution is 2.35. The Morgan fingerprint density at radius 1 is 1.21 bits per heavy atom. The normalized spacial score (nSPS) is 12.3. The fourth-order valence-corrected chi connectivity index (χ4v) is 1.68. The van der Waals surface area contributed by atoms with E-state index >= 15 is 0 Å². The number of fused-ring (bicyclic) bond motifs is 1. The van der Waals surface area contributed by atoms with Gasteiger partial charge in [0.15, 0.2) is 11.5 Å². The standard InChI is InChI=1S/C13H13N3O3/c1-14-13-6-15-9(5-16-13)7-17-10-2-3-11-12(4-10)19-8-18-11/h2-6H,7-8H2,1H3,(H,14,16).